The molecule has 0 spiro atoms. The van der Waals surface area contributed by atoms with E-state index in [4.69, 9.17) is 18.9 Å². The molecule has 0 saturated carbocycles. The number of fused-ring (bicyclic) bond motifs is 1. The summed E-state index contributed by atoms with van der Waals surface area (Å²) in [7, 11) is 3.17. The van der Waals surface area contributed by atoms with Gasteiger partial charge in [-0.3, -0.25) is 20.4 Å². The fourth-order valence-electron chi connectivity index (χ4n) is 5.18. The molecule has 248 valence electrons. The fraction of sp³-hybridized carbons (Fsp3) is 0.382. The van der Waals surface area contributed by atoms with Crippen LogP contribution in [0, 0.1) is 5.92 Å². The van der Waals surface area contributed by atoms with Gasteiger partial charge in [0.25, 0.3) is 5.91 Å². The third kappa shape index (κ3) is 8.48. The molecule has 1 saturated heterocycles. The minimum Gasteiger partial charge on any atom is -0.493 e. The number of carbonyl (C=O) groups excluding carboxylic acids is 3. The molecule has 3 amide bonds. The Morgan fingerprint density at radius 1 is 0.894 bits per heavy atom. The lowest BCUT2D eigenvalue weighted by atomic mass is 9.96. The van der Waals surface area contributed by atoms with Crippen molar-refractivity contribution < 1.29 is 33.3 Å². The number of piperidine rings is 1. The van der Waals surface area contributed by atoms with Crippen LogP contribution in [0.25, 0.3) is 11.0 Å². The average molecular weight is 645 g/mol. The van der Waals surface area contributed by atoms with E-state index in [2.05, 4.69) is 20.8 Å². The number of ether oxygens (including phenoxy) is 4. The predicted octanol–water partition coefficient (Wildman–Crippen LogP) is 4.48. The Kier molecular flexibility index (Phi) is 10.1. The second kappa shape index (κ2) is 14.4. The molecule has 13 nitrogen and oxygen atoms in total. The highest BCUT2D eigenvalue weighted by Crippen LogP contribution is 2.30. The van der Waals surface area contributed by atoms with Crippen LogP contribution < -0.4 is 25.1 Å². The van der Waals surface area contributed by atoms with E-state index in [0.29, 0.717) is 67.5 Å². The molecule has 2 aromatic heterocycles. The fourth-order valence-corrected chi connectivity index (χ4v) is 5.18. The molecular weight excluding hydrogens is 604 g/mol. The largest absolute Gasteiger partial charge is 0.493 e. The Morgan fingerprint density at radius 2 is 1.66 bits per heavy atom. The van der Waals surface area contributed by atoms with Gasteiger partial charge in [0, 0.05) is 48.9 Å². The van der Waals surface area contributed by atoms with E-state index >= 15 is 0 Å². The Bertz CT molecular complexity index is 1720. The maximum atomic E-state index is 12.9. The number of nitrogens with zero attached hydrogens (tertiary/aromatic N) is 4. The minimum absolute atomic E-state index is 0.294. The van der Waals surface area contributed by atoms with E-state index in [-0.39, 0.29) is 17.9 Å². The van der Waals surface area contributed by atoms with E-state index in [1.54, 1.807) is 49.8 Å². The molecule has 1 aliphatic heterocycles. The summed E-state index contributed by atoms with van der Waals surface area (Å²) in [6.07, 6.45) is 3.99. The molecule has 1 aliphatic rings. The highest BCUT2D eigenvalue weighted by Gasteiger charge is 2.30. The SMILES string of the molecule is COc1ccc(COc2ccc(Cn3cnc4cc(C(=O)NNC(=O)C5CCN(C(=O)OC(C)(C)C)CC5)ccc43)cc2OC)cn1. The molecule has 5 rings (SSSR count). The van der Waals surface area contributed by atoms with Crippen molar-refractivity contribution in [1.29, 1.82) is 0 Å². The van der Waals surface area contributed by atoms with Crippen molar-refractivity contribution in [3.63, 3.8) is 0 Å². The van der Waals surface area contributed by atoms with Crippen LogP contribution in [0.2, 0.25) is 0 Å². The molecule has 0 atom stereocenters. The van der Waals surface area contributed by atoms with Gasteiger partial charge in [0.05, 0.1) is 31.6 Å². The number of imidazole rings is 1. The zero-order valence-electron chi connectivity index (χ0n) is 27.2. The Morgan fingerprint density at radius 3 is 2.34 bits per heavy atom. The lowest BCUT2D eigenvalue weighted by Gasteiger charge is -2.32. The number of carbonyl (C=O) groups is 3. The topological polar surface area (TPSA) is 146 Å². The smallest absolute Gasteiger partial charge is 0.410 e. The average Bonchev–Trinajstić information content (AvgIpc) is 3.47. The van der Waals surface area contributed by atoms with Gasteiger partial charge >= 0.3 is 6.09 Å². The predicted molar refractivity (Wildman–Crippen MR) is 173 cm³/mol. The van der Waals surface area contributed by atoms with Gasteiger partial charge in [0.2, 0.25) is 11.8 Å². The second-order valence-corrected chi connectivity index (χ2v) is 12.2. The number of hydrogen-bond donors (Lipinski definition) is 2. The van der Waals surface area contributed by atoms with Crippen LogP contribution in [0.3, 0.4) is 0 Å². The number of hydrogen-bond acceptors (Lipinski definition) is 9. The zero-order chi connectivity index (χ0) is 33.6. The number of aromatic nitrogens is 3. The summed E-state index contributed by atoms with van der Waals surface area (Å²) in [5.41, 5.74) is 8.16. The van der Waals surface area contributed by atoms with Gasteiger partial charge in [-0.15, -0.1) is 0 Å². The lowest BCUT2D eigenvalue weighted by molar-refractivity contribution is -0.127. The van der Waals surface area contributed by atoms with Crippen molar-refractivity contribution in [2.45, 2.75) is 52.4 Å². The van der Waals surface area contributed by atoms with Gasteiger partial charge in [0.15, 0.2) is 11.5 Å². The quantitative estimate of drug-likeness (QED) is 0.252. The van der Waals surface area contributed by atoms with Crippen LogP contribution in [-0.2, 0) is 22.7 Å². The first-order valence-corrected chi connectivity index (χ1v) is 15.3. The zero-order valence-corrected chi connectivity index (χ0v) is 27.2. The van der Waals surface area contributed by atoms with Crippen molar-refractivity contribution in [3.8, 4) is 17.4 Å². The summed E-state index contributed by atoms with van der Waals surface area (Å²) >= 11 is 0. The van der Waals surface area contributed by atoms with Crippen LogP contribution in [-0.4, -0.2) is 70.3 Å². The third-order valence-corrected chi connectivity index (χ3v) is 7.68. The van der Waals surface area contributed by atoms with Crippen LogP contribution in [0.1, 0.15) is 55.1 Å². The van der Waals surface area contributed by atoms with Gasteiger partial charge < -0.3 is 28.4 Å². The Labute approximate surface area is 273 Å². The van der Waals surface area contributed by atoms with Crippen molar-refractivity contribution in [2.75, 3.05) is 27.3 Å². The molecule has 2 aromatic carbocycles. The monoisotopic (exact) mass is 644 g/mol. The van der Waals surface area contributed by atoms with Crippen LogP contribution in [0.15, 0.2) is 61.1 Å². The number of pyridine rings is 1. The Balaban J connectivity index is 1.14. The molecule has 0 aliphatic carbocycles. The summed E-state index contributed by atoms with van der Waals surface area (Å²) in [4.78, 5) is 48.2. The van der Waals surface area contributed by atoms with Crippen molar-refractivity contribution in [2.24, 2.45) is 5.92 Å². The minimum atomic E-state index is -0.578. The maximum absolute atomic E-state index is 12.9. The first-order chi connectivity index (χ1) is 22.5. The molecule has 13 heteroatoms. The number of likely N-dealkylation sites (tertiary alicyclic amines) is 1. The molecule has 0 radical (unpaired) electrons. The summed E-state index contributed by atoms with van der Waals surface area (Å²) in [5, 5.41) is 0. The maximum Gasteiger partial charge on any atom is 0.410 e. The normalized spacial score (nSPS) is 13.6. The first kappa shape index (κ1) is 33.0. The number of benzene rings is 2. The molecule has 4 aromatic rings. The summed E-state index contributed by atoms with van der Waals surface area (Å²) in [6.45, 7) is 7.11. The van der Waals surface area contributed by atoms with Crippen molar-refractivity contribution in [3.05, 3.63) is 77.7 Å². The lowest BCUT2D eigenvalue weighted by Crippen LogP contribution is -2.48. The standard InChI is InChI=1S/C34H40N6O7/c1-34(2,3)47-33(43)39-14-12-24(13-15-39)31(41)37-38-32(42)25-8-9-27-26(17-25)36-21-40(27)19-22-6-10-28(29(16-22)44-4)46-20-23-7-11-30(45-5)35-18-23/h6-11,16-18,21,24H,12-15,19-20H2,1-5H3,(H,37,41)(H,38,42). The van der Waals surface area contributed by atoms with Gasteiger partial charge in [-0.1, -0.05) is 6.07 Å². The molecule has 0 unspecified atom stereocenters. The molecular formula is C34H40N6O7. The van der Waals surface area contributed by atoms with Gasteiger partial charge in [-0.05, 0) is 75.6 Å². The van der Waals surface area contributed by atoms with Gasteiger partial charge in [-0.2, -0.15) is 0 Å². The van der Waals surface area contributed by atoms with E-state index in [0.717, 1.165) is 16.6 Å². The van der Waals surface area contributed by atoms with Crippen LogP contribution >= 0.6 is 0 Å². The van der Waals surface area contributed by atoms with Gasteiger partial charge in [0.1, 0.15) is 12.2 Å². The third-order valence-electron chi connectivity index (χ3n) is 7.68. The van der Waals surface area contributed by atoms with E-state index < -0.39 is 11.5 Å². The molecule has 2 N–H and O–H groups in total. The van der Waals surface area contributed by atoms with Crippen molar-refractivity contribution in [1.82, 2.24) is 30.3 Å². The summed E-state index contributed by atoms with van der Waals surface area (Å²) < 4.78 is 24.0. The van der Waals surface area contributed by atoms with Crippen LogP contribution in [0.4, 0.5) is 4.79 Å². The second-order valence-electron chi connectivity index (χ2n) is 12.2. The van der Waals surface area contributed by atoms with E-state index in [1.165, 1.54) is 0 Å². The Hall–Kier alpha value is -5.33. The highest BCUT2D eigenvalue weighted by molar-refractivity contribution is 5.98. The number of nitrogens with one attached hydrogen (secondary N) is 2. The number of methoxy groups -OCH3 is 2. The number of rotatable bonds is 9. The van der Waals surface area contributed by atoms with E-state index in [1.807, 2.05) is 55.7 Å². The first-order valence-electron chi connectivity index (χ1n) is 15.3. The molecule has 3 heterocycles. The van der Waals surface area contributed by atoms with Crippen LogP contribution in [0.5, 0.6) is 17.4 Å². The summed E-state index contributed by atoms with van der Waals surface area (Å²) in [6, 6.07) is 14.6. The molecule has 47 heavy (non-hydrogen) atoms. The number of hydrazine groups is 1. The molecule has 0 bridgehead atoms. The highest BCUT2D eigenvalue weighted by atomic mass is 16.6. The van der Waals surface area contributed by atoms with E-state index in [9.17, 15) is 14.4 Å². The molecule has 1 fully saturated rings. The number of amides is 3. The van der Waals surface area contributed by atoms with Crippen molar-refractivity contribution >= 4 is 28.9 Å². The van der Waals surface area contributed by atoms with Gasteiger partial charge in [-0.25, -0.2) is 14.8 Å². The summed E-state index contributed by atoms with van der Waals surface area (Å²) in [5.74, 6) is 0.679.